The minimum absolute atomic E-state index is 0. The van der Waals surface area contributed by atoms with Crippen molar-refractivity contribution in [1.29, 1.82) is 0 Å². The molecule has 2 saturated heterocycles. The molecule has 2 aliphatic heterocycles. The maximum Gasteiger partial charge on any atom is 0.332 e. The van der Waals surface area contributed by atoms with E-state index < -0.39 is 21.3 Å². The molecule has 0 atom stereocenters. The summed E-state index contributed by atoms with van der Waals surface area (Å²) in [7, 11) is -1.59. The quantitative estimate of drug-likeness (QED) is 0.671. The van der Waals surface area contributed by atoms with Crippen molar-refractivity contribution in [3.8, 4) is 0 Å². The van der Waals surface area contributed by atoms with E-state index in [1.165, 1.54) is 22.3 Å². The van der Waals surface area contributed by atoms with E-state index in [0.29, 0.717) is 19.1 Å². The SMILES string of the molecule is CN1CC(N2CC(S(=O)(=O)NC(=O)Nc3c4c(cc5c3CCC5)CCC4)C2)C1.[K]. The molecular weight excluding hydrogens is 415 g/mol. The number of fused-ring (bicyclic) bond motifs is 2. The molecule has 0 spiro atoms. The summed E-state index contributed by atoms with van der Waals surface area (Å²) in [5.74, 6) is 0. The summed E-state index contributed by atoms with van der Waals surface area (Å²) in [6, 6.07) is 2.14. The van der Waals surface area contributed by atoms with Gasteiger partial charge in [-0.1, -0.05) is 6.07 Å². The van der Waals surface area contributed by atoms with E-state index in [4.69, 9.17) is 0 Å². The number of likely N-dealkylation sites (N-methyl/N-ethyl adjacent to an activating group) is 1. The molecule has 9 heteroatoms. The van der Waals surface area contributed by atoms with E-state index in [1.54, 1.807) is 0 Å². The number of anilines is 1. The Morgan fingerprint density at radius 3 is 2.14 bits per heavy atom. The number of nitrogens with zero attached hydrogens (tertiary/aromatic N) is 2. The summed E-state index contributed by atoms with van der Waals surface area (Å²) in [6.07, 6.45) is 6.20. The average Bonchev–Trinajstić information content (AvgIpc) is 3.19. The van der Waals surface area contributed by atoms with Gasteiger partial charge >= 0.3 is 6.03 Å². The van der Waals surface area contributed by atoms with Gasteiger partial charge in [-0.2, -0.15) is 0 Å². The molecule has 1 aromatic rings. The summed E-state index contributed by atoms with van der Waals surface area (Å²) in [5.41, 5.74) is 5.93. The van der Waals surface area contributed by atoms with Gasteiger partial charge in [0.05, 0.1) is 0 Å². The van der Waals surface area contributed by atoms with E-state index in [9.17, 15) is 13.2 Å². The molecule has 1 radical (unpaired) electrons. The Morgan fingerprint density at radius 1 is 1.00 bits per heavy atom. The van der Waals surface area contributed by atoms with Crippen LogP contribution in [0.4, 0.5) is 10.5 Å². The van der Waals surface area contributed by atoms with Crippen molar-refractivity contribution in [1.82, 2.24) is 14.5 Å². The van der Waals surface area contributed by atoms with E-state index in [-0.39, 0.29) is 51.4 Å². The first-order chi connectivity index (χ1) is 13.4. The van der Waals surface area contributed by atoms with Gasteiger partial charge < -0.3 is 10.2 Å². The van der Waals surface area contributed by atoms with Crippen molar-refractivity contribution in [2.45, 2.75) is 49.8 Å². The number of sulfonamides is 1. The van der Waals surface area contributed by atoms with Crippen molar-refractivity contribution in [2.24, 2.45) is 0 Å². The molecule has 0 unspecified atom stereocenters. The monoisotopic (exact) mass is 443 g/mol. The minimum atomic E-state index is -3.65. The van der Waals surface area contributed by atoms with E-state index >= 15 is 0 Å². The van der Waals surface area contributed by atoms with Crippen molar-refractivity contribution in [3.63, 3.8) is 0 Å². The van der Waals surface area contributed by atoms with Crippen LogP contribution in [0.3, 0.4) is 0 Å². The molecule has 0 saturated carbocycles. The Kier molecular flexibility index (Phi) is 6.51. The molecule has 29 heavy (non-hydrogen) atoms. The maximum absolute atomic E-state index is 12.6. The van der Waals surface area contributed by atoms with Crippen LogP contribution in [-0.4, -0.2) is 120 Å². The van der Waals surface area contributed by atoms with Gasteiger partial charge in [-0.05, 0) is 67.8 Å². The van der Waals surface area contributed by atoms with E-state index in [0.717, 1.165) is 57.3 Å². The van der Waals surface area contributed by atoms with Crippen LogP contribution in [0.15, 0.2) is 6.07 Å². The van der Waals surface area contributed by atoms with Crippen LogP contribution in [0.5, 0.6) is 0 Å². The number of carbonyl (C=O) groups excluding carboxylic acids is 1. The number of hydrogen-bond donors (Lipinski definition) is 2. The van der Waals surface area contributed by atoms with Gasteiger partial charge in [0.25, 0.3) is 0 Å². The standard InChI is InChI=1S/C20H28N4O3S.K/c1-23-9-15(10-23)24-11-16(12-24)28(26,27)22-20(25)21-19-17-6-2-4-13(17)8-14-5-3-7-18(14)19;/h8,15-16H,2-7,9-12H2,1H3,(H2,21,22,25);. The number of aryl methyl sites for hydroxylation is 2. The molecule has 2 fully saturated rings. The first kappa shape index (κ1) is 22.2. The van der Waals surface area contributed by atoms with E-state index in [2.05, 4.69) is 33.0 Å². The zero-order chi connectivity index (χ0) is 19.5. The molecule has 2 aliphatic carbocycles. The largest absolute Gasteiger partial charge is 0.332 e. The number of urea groups is 1. The van der Waals surface area contributed by atoms with Gasteiger partial charge in [-0.3, -0.25) is 4.90 Å². The van der Waals surface area contributed by atoms with Crippen molar-refractivity contribution in [3.05, 3.63) is 28.3 Å². The van der Waals surface area contributed by atoms with Crippen LogP contribution in [-0.2, 0) is 35.7 Å². The third kappa shape index (κ3) is 4.22. The van der Waals surface area contributed by atoms with Crippen molar-refractivity contribution in [2.75, 3.05) is 38.5 Å². The molecule has 0 bridgehead atoms. The fraction of sp³-hybridized carbons (Fsp3) is 0.650. The Balaban J connectivity index is 0.00000205. The Morgan fingerprint density at radius 2 is 1.59 bits per heavy atom. The Bertz CT molecular complexity index is 892. The number of benzene rings is 1. The normalized spacial score (nSPS) is 22.2. The number of rotatable bonds is 4. The fourth-order valence-electron chi connectivity index (χ4n) is 5.18. The number of hydrogen-bond acceptors (Lipinski definition) is 5. The molecule has 5 rings (SSSR count). The van der Waals surface area contributed by atoms with Crippen LogP contribution in [0.1, 0.15) is 35.1 Å². The third-order valence-electron chi connectivity index (χ3n) is 6.82. The zero-order valence-electron chi connectivity index (χ0n) is 17.3. The van der Waals surface area contributed by atoms with Crippen molar-refractivity contribution >= 4 is 73.1 Å². The predicted molar refractivity (Wildman–Crippen MR) is 114 cm³/mol. The number of nitrogens with one attached hydrogen (secondary N) is 2. The Hall–Kier alpha value is -0.00364. The first-order valence-corrected chi connectivity index (χ1v) is 11.9. The molecule has 1 aromatic carbocycles. The number of amides is 2. The molecular formula is C20H28KN4O3S. The van der Waals surface area contributed by atoms with Crippen LogP contribution in [0, 0.1) is 0 Å². The summed E-state index contributed by atoms with van der Waals surface area (Å²) in [4.78, 5) is 17.0. The van der Waals surface area contributed by atoms with Crippen LogP contribution in [0.2, 0.25) is 0 Å². The molecule has 2 N–H and O–H groups in total. The number of likely N-dealkylation sites (tertiary alicyclic amines) is 2. The van der Waals surface area contributed by atoms with Gasteiger partial charge in [0.15, 0.2) is 0 Å². The minimum Gasteiger partial charge on any atom is -0.307 e. The first-order valence-electron chi connectivity index (χ1n) is 10.3. The molecule has 2 heterocycles. The molecule has 0 aromatic heterocycles. The van der Waals surface area contributed by atoms with Gasteiger partial charge in [0, 0.05) is 89.3 Å². The van der Waals surface area contributed by atoms with E-state index in [1.807, 2.05) is 0 Å². The summed E-state index contributed by atoms with van der Waals surface area (Å²) in [5, 5.41) is 2.41. The maximum atomic E-state index is 12.6. The average molecular weight is 444 g/mol. The van der Waals surface area contributed by atoms with Crippen LogP contribution >= 0.6 is 0 Å². The van der Waals surface area contributed by atoms with Crippen LogP contribution < -0.4 is 10.0 Å². The second kappa shape index (κ2) is 8.50. The fourth-order valence-corrected chi connectivity index (χ4v) is 6.43. The zero-order valence-corrected chi connectivity index (χ0v) is 21.3. The summed E-state index contributed by atoms with van der Waals surface area (Å²) >= 11 is 0. The molecule has 4 aliphatic rings. The van der Waals surface area contributed by atoms with Crippen molar-refractivity contribution < 1.29 is 13.2 Å². The van der Waals surface area contributed by atoms with Gasteiger partial charge in [0.1, 0.15) is 5.25 Å². The molecule has 153 valence electrons. The number of carbonyl (C=O) groups is 1. The third-order valence-corrected chi connectivity index (χ3v) is 8.47. The van der Waals surface area contributed by atoms with Gasteiger partial charge in [-0.15, -0.1) is 0 Å². The Labute approximate surface area is 215 Å². The predicted octanol–water partition coefficient (Wildman–Crippen LogP) is 0.733. The molecule has 2 amide bonds. The summed E-state index contributed by atoms with van der Waals surface area (Å²) in [6.45, 7) is 3.00. The topological polar surface area (TPSA) is 81.8 Å². The second-order valence-corrected chi connectivity index (χ2v) is 10.7. The van der Waals surface area contributed by atoms with Gasteiger partial charge in [0.2, 0.25) is 10.0 Å². The smallest absolute Gasteiger partial charge is 0.307 e. The van der Waals surface area contributed by atoms with Gasteiger partial charge in [-0.25, -0.2) is 17.9 Å². The molecule has 7 nitrogen and oxygen atoms in total. The second-order valence-electron chi connectivity index (χ2n) is 8.79. The summed E-state index contributed by atoms with van der Waals surface area (Å²) < 4.78 is 27.5. The van der Waals surface area contributed by atoms with Crippen LogP contribution in [0.25, 0.3) is 0 Å².